The van der Waals surface area contributed by atoms with Crippen molar-refractivity contribution in [2.24, 2.45) is 5.73 Å². The van der Waals surface area contributed by atoms with Crippen molar-refractivity contribution in [1.82, 2.24) is 0 Å². The van der Waals surface area contributed by atoms with Crippen molar-refractivity contribution in [3.63, 3.8) is 0 Å². The summed E-state index contributed by atoms with van der Waals surface area (Å²) in [6, 6.07) is 10.1. The van der Waals surface area contributed by atoms with Crippen LogP contribution in [0.25, 0.3) is 0 Å². The predicted molar refractivity (Wildman–Crippen MR) is 85.3 cm³/mol. The van der Waals surface area contributed by atoms with Gasteiger partial charge in [-0.1, -0.05) is 24.3 Å². The summed E-state index contributed by atoms with van der Waals surface area (Å²) >= 11 is 1.12. The SMILES string of the molecule is Cc1ccccc1CCNc1sc(C(N)=O)c(N)c1C#N. The molecule has 5 N–H and O–H groups in total. The van der Waals surface area contributed by atoms with E-state index in [1.54, 1.807) is 0 Å². The van der Waals surface area contributed by atoms with Crippen LogP contribution in [-0.2, 0) is 6.42 Å². The number of rotatable bonds is 5. The van der Waals surface area contributed by atoms with Gasteiger partial charge in [-0.25, -0.2) is 0 Å². The quantitative estimate of drug-likeness (QED) is 0.787. The van der Waals surface area contributed by atoms with Gasteiger partial charge in [0.2, 0.25) is 0 Å². The van der Waals surface area contributed by atoms with E-state index in [0.29, 0.717) is 17.1 Å². The number of nitrogen functional groups attached to an aromatic ring is 1. The minimum Gasteiger partial charge on any atom is -0.396 e. The zero-order valence-corrected chi connectivity index (χ0v) is 12.5. The Morgan fingerprint density at radius 3 is 2.76 bits per heavy atom. The van der Waals surface area contributed by atoms with E-state index in [0.717, 1.165) is 17.8 Å². The molecule has 21 heavy (non-hydrogen) atoms. The summed E-state index contributed by atoms with van der Waals surface area (Å²) in [4.78, 5) is 11.5. The molecule has 0 unspecified atom stereocenters. The normalized spacial score (nSPS) is 10.1. The smallest absolute Gasteiger partial charge is 0.261 e. The Morgan fingerprint density at radius 1 is 1.43 bits per heavy atom. The summed E-state index contributed by atoms with van der Waals surface area (Å²) in [5, 5.41) is 12.9. The van der Waals surface area contributed by atoms with Gasteiger partial charge in [-0.2, -0.15) is 5.26 Å². The van der Waals surface area contributed by atoms with Crippen LogP contribution in [0.4, 0.5) is 10.7 Å². The third-order valence-electron chi connectivity index (χ3n) is 3.22. The van der Waals surface area contributed by atoms with Gasteiger partial charge < -0.3 is 16.8 Å². The van der Waals surface area contributed by atoms with Gasteiger partial charge in [-0.05, 0) is 24.5 Å². The first-order valence-electron chi connectivity index (χ1n) is 6.45. The van der Waals surface area contributed by atoms with Crippen molar-refractivity contribution >= 4 is 27.9 Å². The lowest BCUT2D eigenvalue weighted by Gasteiger charge is -2.07. The van der Waals surface area contributed by atoms with Crippen molar-refractivity contribution in [1.29, 1.82) is 5.26 Å². The molecular weight excluding hydrogens is 284 g/mol. The van der Waals surface area contributed by atoms with E-state index in [1.807, 2.05) is 18.2 Å². The molecule has 1 aromatic heterocycles. The molecule has 5 nitrogen and oxygen atoms in total. The maximum atomic E-state index is 11.3. The van der Waals surface area contributed by atoms with Crippen LogP contribution >= 0.6 is 11.3 Å². The lowest BCUT2D eigenvalue weighted by Crippen LogP contribution is -2.10. The van der Waals surface area contributed by atoms with Gasteiger partial charge in [-0.15, -0.1) is 11.3 Å². The molecule has 0 aliphatic carbocycles. The van der Waals surface area contributed by atoms with Crippen molar-refractivity contribution in [2.45, 2.75) is 13.3 Å². The zero-order valence-electron chi connectivity index (χ0n) is 11.6. The Kier molecular flexibility index (Phi) is 4.45. The van der Waals surface area contributed by atoms with Gasteiger partial charge in [0.25, 0.3) is 5.91 Å². The van der Waals surface area contributed by atoms with Gasteiger partial charge in [0, 0.05) is 6.54 Å². The third-order valence-corrected chi connectivity index (χ3v) is 4.40. The summed E-state index contributed by atoms with van der Waals surface area (Å²) in [6.07, 6.45) is 0.821. The standard InChI is InChI=1S/C15H16N4OS/c1-9-4-2-3-5-10(9)6-7-19-15-11(8-16)12(17)13(21-15)14(18)20/h2-5,19H,6-7,17H2,1H3,(H2,18,20). The highest BCUT2D eigenvalue weighted by atomic mass is 32.1. The minimum absolute atomic E-state index is 0.161. The Morgan fingerprint density at radius 2 is 2.14 bits per heavy atom. The van der Waals surface area contributed by atoms with Gasteiger partial charge in [0.1, 0.15) is 21.5 Å². The highest BCUT2D eigenvalue weighted by molar-refractivity contribution is 7.18. The first-order chi connectivity index (χ1) is 10.0. The fraction of sp³-hybridized carbons (Fsp3) is 0.200. The molecule has 2 rings (SSSR count). The molecular formula is C15H16N4OS. The molecule has 0 saturated heterocycles. The van der Waals surface area contributed by atoms with Crippen LogP contribution in [0.15, 0.2) is 24.3 Å². The Balaban J connectivity index is 2.11. The van der Waals surface area contributed by atoms with E-state index >= 15 is 0 Å². The molecule has 0 spiro atoms. The number of primary amides is 1. The number of nitrogens with zero attached hydrogens (tertiary/aromatic N) is 1. The number of nitriles is 1. The van der Waals surface area contributed by atoms with E-state index in [4.69, 9.17) is 16.7 Å². The second kappa shape index (κ2) is 6.29. The van der Waals surface area contributed by atoms with Crippen LogP contribution in [0.1, 0.15) is 26.4 Å². The fourth-order valence-electron chi connectivity index (χ4n) is 2.06. The number of hydrogen-bond acceptors (Lipinski definition) is 5. The molecule has 1 heterocycles. The summed E-state index contributed by atoms with van der Waals surface area (Å²) in [6.45, 7) is 2.71. The largest absolute Gasteiger partial charge is 0.396 e. The molecule has 1 aromatic carbocycles. The Hall–Kier alpha value is -2.52. The third kappa shape index (κ3) is 3.15. The monoisotopic (exact) mass is 300 g/mol. The minimum atomic E-state index is -0.610. The van der Waals surface area contributed by atoms with E-state index < -0.39 is 5.91 Å². The second-order valence-corrected chi connectivity index (χ2v) is 5.65. The summed E-state index contributed by atoms with van der Waals surface area (Å²) in [5.74, 6) is -0.610. The van der Waals surface area contributed by atoms with Gasteiger partial charge in [0.15, 0.2) is 0 Å². The van der Waals surface area contributed by atoms with Crippen LogP contribution in [0, 0.1) is 18.3 Å². The van der Waals surface area contributed by atoms with Crippen LogP contribution < -0.4 is 16.8 Å². The number of hydrogen-bond donors (Lipinski definition) is 3. The van der Waals surface area contributed by atoms with E-state index in [2.05, 4.69) is 24.4 Å². The van der Waals surface area contributed by atoms with Crippen molar-refractivity contribution < 1.29 is 4.79 Å². The predicted octanol–water partition coefficient (Wildman–Crippen LogP) is 2.26. The summed E-state index contributed by atoms with van der Waals surface area (Å²) < 4.78 is 0. The van der Waals surface area contributed by atoms with Gasteiger partial charge in [-0.3, -0.25) is 4.79 Å². The molecule has 2 aromatic rings. The molecule has 0 radical (unpaired) electrons. The van der Waals surface area contributed by atoms with Crippen molar-refractivity contribution in [3.05, 3.63) is 45.8 Å². The van der Waals surface area contributed by atoms with E-state index in [9.17, 15) is 4.79 Å². The average molecular weight is 300 g/mol. The average Bonchev–Trinajstić information content (AvgIpc) is 2.77. The maximum absolute atomic E-state index is 11.3. The van der Waals surface area contributed by atoms with Gasteiger partial charge in [0.05, 0.1) is 5.69 Å². The zero-order chi connectivity index (χ0) is 15.4. The van der Waals surface area contributed by atoms with Crippen LogP contribution in [0.2, 0.25) is 0 Å². The number of carbonyl (C=O) groups excluding carboxylic acids is 1. The molecule has 0 aliphatic rings. The molecule has 0 aliphatic heterocycles. The first-order valence-corrected chi connectivity index (χ1v) is 7.26. The summed E-state index contributed by atoms with van der Waals surface area (Å²) in [5.41, 5.74) is 13.9. The molecule has 0 fully saturated rings. The summed E-state index contributed by atoms with van der Waals surface area (Å²) in [7, 11) is 0. The highest BCUT2D eigenvalue weighted by Gasteiger charge is 2.18. The van der Waals surface area contributed by atoms with Crippen LogP contribution in [0.3, 0.4) is 0 Å². The number of amides is 1. The molecule has 108 valence electrons. The number of benzene rings is 1. The molecule has 6 heteroatoms. The number of carbonyl (C=O) groups is 1. The number of thiophene rings is 1. The Labute approximate surface area is 127 Å². The number of anilines is 2. The lowest BCUT2D eigenvalue weighted by molar-refractivity contribution is 0.100. The second-order valence-electron chi connectivity index (χ2n) is 4.63. The molecule has 0 bridgehead atoms. The van der Waals surface area contributed by atoms with E-state index in [1.165, 1.54) is 11.1 Å². The highest BCUT2D eigenvalue weighted by Crippen LogP contribution is 2.34. The topological polar surface area (TPSA) is 105 Å². The first kappa shape index (κ1) is 14.9. The van der Waals surface area contributed by atoms with Crippen LogP contribution in [-0.4, -0.2) is 12.5 Å². The maximum Gasteiger partial charge on any atom is 0.261 e. The number of nitrogens with one attached hydrogen (secondary N) is 1. The van der Waals surface area contributed by atoms with Gasteiger partial charge >= 0.3 is 0 Å². The van der Waals surface area contributed by atoms with Crippen molar-refractivity contribution in [2.75, 3.05) is 17.6 Å². The fourth-order valence-corrected chi connectivity index (χ4v) is 3.01. The molecule has 1 amide bonds. The molecule has 0 atom stereocenters. The Bertz CT molecular complexity index is 715. The van der Waals surface area contributed by atoms with E-state index in [-0.39, 0.29) is 10.6 Å². The number of aryl methyl sites for hydroxylation is 1. The number of nitrogens with two attached hydrogens (primary N) is 2. The lowest BCUT2D eigenvalue weighted by atomic mass is 10.1. The molecule has 0 saturated carbocycles. The van der Waals surface area contributed by atoms with Crippen LogP contribution in [0.5, 0.6) is 0 Å². The van der Waals surface area contributed by atoms with Crippen molar-refractivity contribution in [3.8, 4) is 6.07 Å².